The lowest BCUT2D eigenvalue weighted by Crippen LogP contribution is -2.53. The van der Waals surface area contributed by atoms with E-state index in [1.807, 2.05) is 18.3 Å². The third kappa shape index (κ3) is 4.77. The molecular formula is C22H28N6O2S. The maximum absolute atomic E-state index is 11.5. The van der Waals surface area contributed by atoms with Crippen LogP contribution in [0.1, 0.15) is 38.0 Å². The number of aromatic nitrogens is 3. The highest BCUT2D eigenvalue weighted by molar-refractivity contribution is 7.15. The molecule has 4 N–H and O–H groups in total. The number of carbonyl (C=O) groups is 1. The second-order valence-corrected chi connectivity index (χ2v) is 9.38. The molecule has 1 aliphatic carbocycles. The lowest BCUT2D eigenvalue weighted by Gasteiger charge is -2.49. The van der Waals surface area contributed by atoms with Gasteiger partial charge >= 0.3 is 0 Å². The number of thiazole rings is 1. The van der Waals surface area contributed by atoms with Crippen molar-refractivity contribution in [3.63, 3.8) is 0 Å². The summed E-state index contributed by atoms with van der Waals surface area (Å²) in [6.45, 7) is 4.80. The van der Waals surface area contributed by atoms with Crippen LogP contribution in [0.25, 0.3) is 10.7 Å². The Labute approximate surface area is 185 Å². The predicted molar refractivity (Wildman–Crippen MR) is 121 cm³/mol. The van der Waals surface area contributed by atoms with Crippen molar-refractivity contribution in [2.24, 2.45) is 5.41 Å². The molecule has 1 unspecified atom stereocenters. The molecule has 9 heteroatoms. The first-order valence-corrected chi connectivity index (χ1v) is 11.4. The second kappa shape index (κ2) is 9.15. The number of dihydropyridines is 1. The molecule has 2 aliphatic rings. The van der Waals surface area contributed by atoms with Crippen LogP contribution in [0.3, 0.4) is 0 Å². The van der Waals surface area contributed by atoms with E-state index in [-0.39, 0.29) is 5.41 Å². The molecule has 2 aromatic heterocycles. The number of anilines is 1. The zero-order valence-electron chi connectivity index (χ0n) is 17.8. The van der Waals surface area contributed by atoms with Crippen molar-refractivity contribution in [1.29, 1.82) is 0 Å². The Morgan fingerprint density at radius 2 is 2.23 bits per heavy atom. The molecule has 0 saturated heterocycles. The van der Waals surface area contributed by atoms with Crippen LogP contribution in [0.15, 0.2) is 42.3 Å². The van der Waals surface area contributed by atoms with Gasteiger partial charge in [0.25, 0.3) is 0 Å². The molecule has 2 aromatic rings. The maximum Gasteiger partial charge on any atom is 0.248 e. The van der Waals surface area contributed by atoms with Gasteiger partial charge in [0.2, 0.25) is 5.91 Å². The van der Waals surface area contributed by atoms with E-state index in [1.54, 1.807) is 6.20 Å². The van der Waals surface area contributed by atoms with Gasteiger partial charge < -0.3 is 21.1 Å². The molecule has 0 aromatic carbocycles. The number of nitrogens with zero attached hydrogens (tertiary/aromatic N) is 3. The lowest BCUT2D eigenvalue weighted by molar-refractivity contribution is -0.128. The van der Waals surface area contributed by atoms with E-state index in [9.17, 15) is 9.90 Å². The molecule has 0 spiro atoms. The van der Waals surface area contributed by atoms with Crippen LogP contribution < -0.4 is 16.0 Å². The van der Waals surface area contributed by atoms with Crippen LogP contribution in [-0.2, 0) is 11.3 Å². The van der Waals surface area contributed by atoms with Crippen molar-refractivity contribution in [2.75, 3.05) is 11.9 Å². The van der Waals surface area contributed by atoms with Crippen molar-refractivity contribution < 1.29 is 9.90 Å². The molecule has 4 rings (SSSR count). The number of hydrogen-bond acceptors (Lipinski definition) is 8. The van der Waals surface area contributed by atoms with Crippen LogP contribution in [0, 0.1) is 5.41 Å². The van der Waals surface area contributed by atoms with Gasteiger partial charge in [-0.3, -0.25) is 4.79 Å². The number of allylic oxidation sites excluding steroid dienone is 2. The topological polar surface area (TPSA) is 112 Å². The van der Waals surface area contributed by atoms with Gasteiger partial charge in [-0.25, -0.2) is 4.98 Å². The quantitative estimate of drug-likeness (QED) is 0.499. The first-order valence-electron chi connectivity index (χ1n) is 10.5. The average Bonchev–Trinajstić information content (AvgIpc) is 3.22. The van der Waals surface area contributed by atoms with Crippen molar-refractivity contribution in [1.82, 2.24) is 25.8 Å². The standard InChI is InChI=1S/C22H28N6O2S/c1-14-5-3-10-23-19(14)22(8-4-9-22)13-26-18-7-6-17(27-28-18)21-25-12-16(31-21)11-24-20(30)15(2)29/h3,5-7,10,12,15,19,23,29H,4,8-9,11,13H2,1-2H3,(H,24,30)(H,26,28)/t15-,19?/m1/s1. The number of hydrogen-bond donors (Lipinski definition) is 4. The Morgan fingerprint density at radius 1 is 1.39 bits per heavy atom. The summed E-state index contributed by atoms with van der Waals surface area (Å²) in [4.78, 5) is 16.8. The van der Waals surface area contributed by atoms with Gasteiger partial charge in [-0.15, -0.1) is 21.5 Å². The third-order valence-corrected chi connectivity index (χ3v) is 7.03. The molecular weight excluding hydrogens is 412 g/mol. The Kier molecular flexibility index (Phi) is 6.33. The fourth-order valence-electron chi connectivity index (χ4n) is 4.07. The third-order valence-electron chi connectivity index (χ3n) is 6.01. The van der Waals surface area contributed by atoms with Gasteiger partial charge in [0.15, 0.2) is 0 Å². The second-order valence-electron chi connectivity index (χ2n) is 8.27. The minimum Gasteiger partial charge on any atom is -0.384 e. The number of nitrogens with one attached hydrogen (secondary N) is 3. The number of carbonyl (C=O) groups excluding carboxylic acids is 1. The van der Waals surface area contributed by atoms with Gasteiger partial charge in [-0.1, -0.05) is 18.1 Å². The van der Waals surface area contributed by atoms with Gasteiger partial charge in [0.1, 0.15) is 22.6 Å². The Morgan fingerprint density at radius 3 is 2.87 bits per heavy atom. The summed E-state index contributed by atoms with van der Waals surface area (Å²) in [7, 11) is 0. The van der Waals surface area contributed by atoms with E-state index in [4.69, 9.17) is 0 Å². The zero-order valence-corrected chi connectivity index (χ0v) is 18.6. The predicted octanol–water partition coefficient (Wildman–Crippen LogP) is 2.61. The first-order chi connectivity index (χ1) is 15.0. The van der Waals surface area contributed by atoms with E-state index in [1.165, 1.54) is 43.1 Å². The molecule has 1 amide bonds. The molecule has 1 saturated carbocycles. The minimum absolute atomic E-state index is 0.201. The van der Waals surface area contributed by atoms with Crippen LogP contribution in [0.4, 0.5) is 5.82 Å². The summed E-state index contributed by atoms with van der Waals surface area (Å²) < 4.78 is 0. The molecule has 1 fully saturated rings. The highest BCUT2D eigenvalue weighted by atomic mass is 32.1. The SMILES string of the molecule is CC1=CC=CNC1C1(CNc2ccc(-c3ncc(CNC(=O)[C@@H](C)O)s3)nn2)CCC1. The summed E-state index contributed by atoms with van der Waals surface area (Å²) in [5.74, 6) is 0.350. The largest absolute Gasteiger partial charge is 0.384 e. The number of aliphatic hydroxyl groups excluding tert-OH is 1. The molecule has 0 bridgehead atoms. The monoisotopic (exact) mass is 440 g/mol. The first kappa shape index (κ1) is 21.5. The lowest BCUT2D eigenvalue weighted by atomic mass is 9.62. The van der Waals surface area contributed by atoms with Crippen molar-refractivity contribution in [3.05, 3.63) is 47.1 Å². The smallest absolute Gasteiger partial charge is 0.248 e. The summed E-state index contributed by atoms with van der Waals surface area (Å²) in [5.41, 5.74) is 2.27. The molecule has 3 heterocycles. The van der Waals surface area contributed by atoms with E-state index in [0.29, 0.717) is 18.3 Å². The highest BCUT2D eigenvalue weighted by Gasteiger charge is 2.44. The molecule has 0 radical (unpaired) electrons. The Hall–Kier alpha value is -2.78. The van der Waals surface area contributed by atoms with E-state index >= 15 is 0 Å². The van der Waals surface area contributed by atoms with Gasteiger partial charge in [0.05, 0.1) is 12.6 Å². The van der Waals surface area contributed by atoms with Gasteiger partial charge in [0, 0.05) is 23.0 Å². The Bertz CT molecular complexity index is 978. The fraction of sp³-hybridized carbons (Fsp3) is 0.455. The number of amides is 1. The summed E-state index contributed by atoms with van der Waals surface area (Å²) >= 11 is 1.44. The fourth-order valence-corrected chi connectivity index (χ4v) is 4.89. The summed E-state index contributed by atoms with van der Waals surface area (Å²) in [6, 6.07) is 4.20. The molecule has 31 heavy (non-hydrogen) atoms. The van der Waals surface area contributed by atoms with Crippen molar-refractivity contribution in [3.8, 4) is 10.7 Å². The van der Waals surface area contributed by atoms with Crippen LogP contribution in [0.5, 0.6) is 0 Å². The van der Waals surface area contributed by atoms with Crippen LogP contribution in [0.2, 0.25) is 0 Å². The normalized spacial score (nSPS) is 20.2. The van der Waals surface area contributed by atoms with Crippen molar-refractivity contribution >= 4 is 23.1 Å². The molecule has 2 atom stereocenters. The summed E-state index contributed by atoms with van der Waals surface area (Å²) in [6.07, 6.45) is 10.6. The maximum atomic E-state index is 11.5. The minimum atomic E-state index is -1.03. The Balaban J connectivity index is 1.35. The van der Waals surface area contributed by atoms with Crippen LogP contribution >= 0.6 is 11.3 Å². The average molecular weight is 441 g/mol. The number of rotatable bonds is 8. The van der Waals surface area contributed by atoms with Gasteiger partial charge in [-0.2, -0.15) is 0 Å². The van der Waals surface area contributed by atoms with E-state index < -0.39 is 12.0 Å². The van der Waals surface area contributed by atoms with Crippen LogP contribution in [-0.4, -0.2) is 44.9 Å². The van der Waals surface area contributed by atoms with Crippen molar-refractivity contribution in [2.45, 2.75) is 51.8 Å². The molecule has 1 aliphatic heterocycles. The van der Waals surface area contributed by atoms with Gasteiger partial charge in [-0.05, 0) is 51.1 Å². The summed E-state index contributed by atoms with van der Waals surface area (Å²) in [5, 5.41) is 28.3. The number of aliphatic hydroxyl groups is 1. The van der Waals surface area contributed by atoms with E-state index in [0.717, 1.165) is 22.2 Å². The van der Waals surface area contributed by atoms with E-state index in [2.05, 4.69) is 50.2 Å². The zero-order chi connectivity index (χ0) is 21.8. The highest BCUT2D eigenvalue weighted by Crippen LogP contribution is 2.46. The molecule has 8 nitrogen and oxygen atoms in total. The molecule has 164 valence electrons.